The molecule has 36 heavy (non-hydrogen) atoms. The number of hydrogen-bond acceptors (Lipinski definition) is 8. The second-order valence-corrected chi connectivity index (χ2v) is 8.85. The van der Waals surface area contributed by atoms with Crippen LogP contribution in [0.25, 0.3) is 22.9 Å². The molecular weight excluding hydrogens is 470 g/mol. The quantitative estimate of drug-likeness (QED) is 0.382. The Balaban J connectivity index is 1.52. The molecule has 5 rings (SSSR count). The van der Waals surface area contributed by atoms with Gasteiger partial charge in [-0.15, -0.1) is 0 Å². The zero-order valence-electron chi connectivity index (χ0n) is 19.5. The SMILES string of the molecule is OCC[C@H]1C[C@@H](CO)CCN1c1nc(-c2cc(-c3ccon3)n(Cc3ccccc3F)n2)ncc1F. The molecule has 1 saturated heterocycles. The molecule has 0 amide bonds. The number of nitrogens with zero attached hydrogens (tertiary/aromatic N) is 6. The topological polar surface area (TPSA) is 113 Å². The zero-order chi connectivity index (χ0) is 25.1. The van der Waals surface area contributed by atoms with Gasteiger partial charge in [0, 0.05) is 37.4 Å². The summed E-state index contributed by atoms with van der Waals surface area (Å²) in [7, 11) is 0. The van der Waals surface area contributed by atoms with Crippen LogP contribution in [0.4, 0.5) is 14.6 Å². The van der Waals surface area contributed by atoms with Crippen LogP contribution in [-0.2, 0) is 6.54 Å². The van der Waals surface area contributed by atoms with Crippen LogP contribution in [0.1, 0.15) is 24.8 Å². The van der Waals surface area contributed by atoms with E-state index in [1.165, 1.54) is 12.3 Å². The molecule has 0 bridgehead atoms. The lowest BCUT2D eigenvalue weighted by Gasteiger charge is -2.39. The van der Waals surface area contributed by atoms with Crippen molar-refractivity contribution >= 4 is 5.82 Å². The maximum absolute atomic E-state index is 14.9. The van der Waals surface area contributed by atoms with E-state index in [1.807, 2.05) is 4.90 Å². The van der Waals surface area contributed by atoms with E-state index in [0.29, 0.717) is 48.5 Å². The number of aromatic nitrogens is 5. The van der Waals surface area contributed by atoms with Crippen LogP contribution in [0.2, 0.25) is 0 Å². The van der Waals surface area contributed by atoms with Gasteiger partial charge in [-0.25, -0.2) is 18.7 Å². The molecule has 188 valence electrons. The Bertz CT molecular complexity index is 1310. The second kappa shape index (κ2) is 10.5. The van der Waals surface area contributed by atoms with Crippen LogP contribution in [0, 0.1) is 17.6 Å². The highest BCUT2D eigenvalue weighted by atomic mass is 19.1. The first-order chi connectivity index (χ1) is 17.6. The third-order valence-electron chi connectivity index (χ3n) is 6.53. The number of hydrogen-bond donors (Lipinski definition) is 2. The predicted molar refractivity (Wildman–Crippen MR) is 127 cm³/mol. The molecule has 0 spiro atoms. The number of aliphatic hydroxyl groups excluding tert-OH is 2. The first kappa shape index (κ1) is 24.0. The van der Waals surface area contributed by atoms with E-state index < -0.39 is 5.82 Å². The molecule has 11 heteroatoms. The maximum atomic E-state index is 14.9. The van der Waals surface area contributed by atoms with E-state index in [-0.39, 0.29) is 49.2 Å². The van der Waals surface area contributed by atoms with Gasteiger partial charge in [-0.1, -0.05) is 23.4 Å². The second-order valence-electron chi connectivity index (χ2n) is 8.85. The Morgan fingerprint density at radius 3 is 2.69 bits per heavy atom. The molecule has 3 aromatic heterocycles. The summed E-state index contributed by atoms with van der Waals surface area (Å²) >= 11 is 0. The number of halogens is 2. The Labute approximate surface area is 206 Å². The number of piperidine rings is 1. The molecule has 4 aromatic rings. The smallest absolute Gasteiger partial charge is 0.183 e. The summed E-state index contributed by atoms with van der Waals surface area (Å²) in [6, 6.07) is 9.63. The van der Waals surface area contributed by atoms with E-state index >= 15 is 0 Å². The van der Waals surface area contributed by atoms with Crippen LogP contribution < -0.4 is 4.90 Å². The summed E-state index contributed by atoms with van der Waals surface area (Å²) in [6.07, 6.45) is 4.29. The third kappa shape index (κ3) is 4.84. The van der Waals surface area contributed by atoms with Crippen LogP contribution in [0.3, 0.4) is 0 Å². The van der Waals surface area contributed by atoms with Gasteiger partial charge in [0.25, 0.3) is 0 Å². The minimum atomic E-state index is -0.577. The summed E-state index contributed by atoms with van der Waals surface area (Å²) in [5.74, 6) is -0.507. The molecular formula is C25H26F2N6O3. The highest BCUT2D eigenvalue weighted by Gasteiger charge is 2.31. The fraction of sp³-hybridized carbons (Fsp3) is 0.360. The molecule has 9 nitrogen and oxygen atoms in total. The number of benzene rings is 1. The van der Waals surface area contributed by atoms with Crippen molar-refractivity contribution in [1.82, 2.24) is 24.9 Å². The molecule has 1 aliphatic heterocycles. The normalized spacial score (nSPS) is 18.1. The van der Waals surface area contributed by atoms with Crippen molar-refractivity contribution in [2.75, 3.05) is 24.7 Å². The molecule has 4 heterocycles. The number of rotatable bonds is 8. The van der Waals surface area contributed by atoms with Gasteiger partial charge in [0.1, 0.15) is 23.5 Å². The Morgan fingerprint density at radius 1 is 1.08 bits per heavy atom. The van der Waals surface area contributed by atoms with Crippen LogP contribution in [0.5, 0.6) is 0 Å². The summed E-state index contributed by atoms with van der Waals surface area (Å²) in [5, 5.41) is 27.7. The van der Waals surface area contributed by atoms with Crippen LogP contribution >= 0.6 is 0 Å². The molecule has 2 atom stereocenters. The molecule has 1 fully saturated rings. The van der Waals surface area contributed by atoms with E-state index in [1.54, 1.807) is 35.0 Å². The lowest BCUT2D eigenvalue weighted by atomic mass is 9.90. The van der Waals surface area contributed by atoms with Gasteiger partial charge < -0.3 is 19.6 Å². The Morgan fingerprint density at radius 2 is 1.94 bits per heavy atom. The lowest BCUT2D eigenvalue weighted by Crippen LogP contribution is -2.45. The predicted octanol–water partition coefficient (Wildman–Crippen LogP) is 3.28. The van der Waals surface area contributed by atoms with Gasteiger partial charge in [-0.05, 0) is 37.3 Å². The van der Waals surface area contributed by atoms with Gasteiger partial charge in [-0.3, -0.25) is 4.68 Å². The van der Waals surface area contributed by atoms with Crippen molar-refractivity contribution in [2.45, 2.75) is 31.8 Å². The van der Waals surface area contributed by atoms with E-state index in [0.717, 1.165) is 6.20 Å². The lowest BCUT2D eigenvalue weighted by molar-refractivity contribution is 0.174. The summed E-state index contributed by atoms with van der Waals surface area (Å²) in [4.78, 5) is 10.5. The fourth-order valence-corrected chi connectivity index (χ4v) is 4.67. The molecule has 2 N–H and O–H groups in total. The highest BCUT2D eigenvalue weighted by Crippen LogP contribution is 2.32. The van der Waals surface area contributed by atoms with Gasteiger partial charge in [0.05, 0.1) is 18.4 Å². The molecule has 0 saturated carbocycles. The first-order valence-electron chi connectivity index (χ1n) is 11.8. The average Bonchev–Trinajstić information content (AvgIpc) is 3.56. The monoisotopic (exact) mass is 496 g/mol. The Kier molecular flexibility index (Phi) is 7.01. The largest absolute Gasteiger partial charge is 0.396 e. The fourth-order valence-electron chi connectivity index (χ4n) is 4.67. The van der Waals surface area contributed by atoms with Crippen molar-refractivity contribution in [1.29, 1.82) is 0 Å². The van der Waals surface area contributed by atoms with E-state index in [4.69, 9.17) is 4.52 Å². The minimum Gasteiger partial charge on any atom is -0.396 e. The van der Waals surface area contributed by atoms with Crippen LogP contribution in [-0.4, -0.2) is 60.9 Å². The Hall–Kier alpha value is -3.70. The standard InChI is InChI=1S/C25H26F2N6O3/c26-19-4-2-1-3-17(19)14-33-23(21-7-10-36-31-21)12-22(30-33)24-28-13-20(27)25(29-24)32-8-5-16(15-35)11-18(32)6-9-34/h1-4,7,10,12-13,16,18,34-35H,5-6,8-9,11,14-15H2/t16-,18-/m0/s1. The summed E-state index contributed by atoms with van der Waals surface area (Å²) < 4.78 is 35.9. The van der Waals surface area contributed by atoms with Crippen molar-refractivity contribution in [3.8, 4) is 22.9 Å². The van der Waals surface area contributed by atoms with Gasteiger partial charge >= 0.3 is 0 Å². The van der Waals surface area contributed by atoms with Gasteiger partial charge in [0.15, 0.2) is 17.5 Å². The number of anilines is 1. The number of aliphatic hydroxyl groups is 2. The average molecular weight is 497 g/mol. The van der Waals surface area contributed by atoms with Gasteiger partial charge in [0.2, 0.25) is 0 Å². The third-order valence-corrected chi connectivity index (χ3v) is 6.53. The highest BCUT2D eigenvalue weighted by molar-refractivity contribution is 5.63. The molecule has 1 aromatic carbocycles. The van der Waals surface area contributed by atoms with Crippen molar-refractivity contribution in [3.05, 3.63) is 66.1 Å². The minimum absolute atomic E-state index is 0.0531. The van der Waals surface area contributed by atoms with Crippen molar-refractivity contribution in [3.63, 3.8) is 0 Å². The van der Waals surface area contributed by atoms with Crippen molar-refractivity contribution < 1.29 is 23.5 Å². The maximum Gasteiger partial charge on any atom is 0.183 e. The van der Waals surface area contributed by atoms with Crippen molar-refractivity contribution in [2.24, 2.45) is 5.92 Å². The molecule has 0 radical (unpaired) electrons. The van der Waals surface area contributed by atoms with E-state index in [2.05, 4.69) is 20.2 Å². The summed E-state index contributed by atoms with van der Waals surface area (Å²) in [6.45, 7) is 0.628. The zero-order valence-corrected chi connectivity index (χ0v) is 19.5. The molecule has 1 aliphatic rings. The van der Waals surface area contributed by atoms with E-state index in [9.17, 15) is 19.0 Å². The molecule has 0 unspecified atom stereocenters. The van der Waals surface area contributed by atoms with Crippen LogP contribution in [0.15, 0.2) is 53.4 Å². The molecule has 0 aliphatic carbocycles. The first-order valence-corrected chi connectivity index (χ1v) is 11.8. The summed E-state index contributed by atoms with van der Waals surface area (Å²) in [5.41, 5.74) is 1.88. The van der Waals surface area contributed by atoms with Gasteiger partial charge in [-0.2, -0.15) is 5.10 Å².